The summed E-state index contributed by atoms with van der Waals surface area (Å²) in [6.07, 6.45) is 6.59. The van der Waals surface area contributed by atoms with Crippen molar-refractivity contribution in [3.05, 3.63) is 23.8 Å². The fraction of sp³-hybridized carbons (Fsp3) is 0.625. The van der Waals surface area contributed by atoms with Crippen molar-refractivity contribution in [1.82, 2.24) is 0 Å². The Bertz CT molecular complexity index is 414. The number of benzene rings is 1. The lowest BCUT2D eigenvalue weighted by Crippen LogP contribution is -2.36. The Morgan fingerprint density at radius 3 is 3.17 bits per heavy atom. The minimum Gasteiger partial charge on any atom is -0.383 e. The predicted molar refractivity (Wildman–Crippen MR) is 78.5 cm³/mol. The van der Waals surface area contributed by atoms with Gasteiger partial charge in [0.1, 0.15) is 0 Å². The van der Waals surface area contributed by atoms with E-state index in [4.69, 9.17) is 0 Å². The summed E-state index contributed by atoms with van der Waals surface area (Å²) >= 11 is 0. The molecule has 1 atom stereocenters. The molecule has 1 saturated heterocycles. The summed E-state index contributed by atoms with van der Waals surface area (Å²) in [7, 11) is 0. The van der Waals surface area contributed by atoms with E-state index in [0.717, 1.165) is 12.5 Å². The van der Waals surface area contributed by atoms with Crippen LogP contribution in [0.25, 0.3) is 0 Å². The van der Waals surface area contributed by atoms with E-state index in [-0.39, 0.29) is 0 Å². The van der Waals surface area contributed by atoms with Gasteiger partial charge in [-0.2, -0.15) is 0 Å². The van der Waals surface area contributed by atoms with Gasteiger partial charge in [0.25, 0.3) is 0 Å². The molecule has 2 heterocycles. The van der Waals surface area contributed by atoms with Gasteiger partial charge in [-0.1, -0.05) is 25.5 Å². The first-order chi connectivity index (χ1) is 8.88. The number of hydrogen-bond donors (Lipinski definition) is 1. The van der Waals surface area contributed by atoms with Gasteiger partial charge in [-0.05, 0) is 43.2 Å². The van der Waals surface area contributed by atoms with Crippen molar-refractivity contribution in [2.45, 2.75) is 39.0 Å². The van der Waals surface area contributed by atoms with Crippen molar-refractivity contribution in [2.75, 3.05) is 29.9 Å². The Balaban J connectivity index is 1.87. The summed E-state index contributed by atoms with van der Waals surface area (Å²) in [6, 6.07) is 6.82. The van der Waals surface area contributed by atoms with E-state index in [9.17, 15) is 0 Å². The summed E-state index contributed by atoms with van der Waals surface area (Å²) < 4.78 is 0. The minimum atomic E-state index is 0.887. The molecule has 1 unspecified atom stereocenters. The van der Waals surface area contributed by atoms with Crippen molar-refractivity contribution in [3.8, 4) is 0 Å². The van der Waals surface area contributed by atoms with Crippen LogP contribution < -0.4 is 10.2 Å². The van der Waals surface area contributed by atoms with Gasteiger partial charge in [0.2, 0.25) is 0 Å². The quantitative estimate of drug-likeness (QED) is 0.854. The zero-order valence-corrected chi connectivity index (χ0v) is 11.4. The molecule has 0 aromatic heterocycles. The number of nitrogens with one attached hydrogen (secondary N) is 1. The maximum absolute atomic E-state index is 3.62. The highest BCUT2D eigenvalue weighted by Crippen LogP contribution is 2.35. The smallest absolute Gasteiger partial charge is 0.0610 e. The molecule has 2 nitrogen and oxygen atoms in total. The normalized spacial score (nSPS) is 23.4. The van der Waals surface area contributed by atoms with Crippen LogP contribution in [0.2, 0.25) is 0 Å². The van der Waals surface area contributed by atoms with E-state index in [1.54, 1.807) is 0 Å². The largest absolute Gasteiger partial charge is 0.383 e. The summed E-state index contributed by atoms with van der Waals surface area (Å²) in [5.41, 5.74) is 4.38. The zero-order chi connectivity index (χ0) is 12.4. The van der Waals surface area contributed by atoms with Crippen LogP contribution in [0, 0.1) is 5.92 Å². The van der Waals surface area contributed by atoms with Crippen LogP contribution in [0.3, 0.4) is 0 Å². The number of rotatable bonds is 2. The van der Waals surface area contributed by atoms with Gasteiger partial charge in [-0.3, -0.25) is 0 Å². The van der Waals surface area contributed by atoms with E-state index < -0.39 is 0 Å². The van der Waals surface area contributed by atoms with E-state index in [1.165, 1.54) is 62.1 Å². The third kappa shape index (κ3) is 2.21. The lowest BCUT2D eigenvalue weighted by molar-refractivity contribution is 0.405. The van der Waals surface area contributed by atoms with Crippen molar-refractivity contribution >= 4 is 11.4 Å². The first-order valence-corrected chi connectivity index (χ1v) is 7.49. The highest BCUT2D eigenvalue weighted by Gasteiger charge is 2.22. The third-order valence-corrected chi connectivity index (χ3v) is 4.49. The van der Waals surface area contributed by atoms with E-state index >= 15 is 0 Å². The summed E-state index contributed by atoms with van der Waals surface area (Å²) in [6.45, 7) is 5.94. The second-order valence-corrected chi connectivity index (χ2v) is 5.70. The van der Waals surface area contributed by atoms with E-state index in [2.05, 4.69) is 35.3 Å². The lowest BCUT2D eigenvalue weighted by Gasteiger charge is -2.36. The van der Waals surface area contributed by atoms with Gasteiger partial charge < -0.3 is 10.2 Å². The standard InChI is InChI=1S/C16H24N2/c1-2-13-6-5-11-18(12-13)15-9-3-7-14-8-4-10-17-16(14)15/h3,7,9,13,17H,2,4-6,8,10-12H2,1H3. The molecule has 0 saturated carbocycles. The minimum absolute atomic E-state index is 0.887. The summed E-state index contributed by atoms with van der Waals surface area (Å²) in [5, 5.41) is 3.62. The first kappa shape index (κ1) is 11.9. The Hall–Kier alpha value is -1.18. The van der Waals surface area contributed by atoms with Gasteiger partial charge in [0.05, 0.1) is 11.4 Å². The Morgan fingerprint density at radius 2 is 2.28 bits per heavy atom. The molecule has 0 radical (unpaired) electrons. The Kier molecular flexibility index (Phi) is 3.44. The maximum atomic E-state index is 3.62. The van der Waals surface area contributed by atoms with Gasteiger partial charge in [0.15, 0.2) is 0 Å². The highest BCUT2D eigenvalue weighted by molar-refractivity contribution is 5.74. The molecule has 0 amide bonds. The molecule has 0 bridgehead atoms. The number of hydrogen-bond acceptors (Lipinski definition) is 2. The highest BCUT2D eigenvalue weighted by atomic mass is 15.2. The van der Waals surface area contributed by atoms with Crippen molar-refractivity contribution in [3.63, 3.8) is 0 Å². The SMILES string of the molecule is CCC1CCCN(c2cccc3c2NCCC3)C1. The average Bonchev–Trinajstić information content (AvgIpc) is 2.47. The average molecular weight is 244 g/mol. The molecular weight excluding hydrogens is 220 g/mol. The molecule has 1 N–H and O–H groups in total. The van der Waals surface area contributed by atoms with E-state index in [0.29, 0.717) is 0 Å². The Labute approximate surface area is 110 Å². The molecule has 2 heteroatoms. The van der Waals surface area contributed by atoms with Gasteiger partial charge in [0, 0.05) is 19.6 Å². The second kappa shape index (κ2) is 5.21. The topological polar surface area (TPSA) is 15.3 Å². The number of aryl methyl sites for hydroxylation is 1. The second-order valence-electron chi connectivity index (χ2n) is 5.70. The maximum Gasteiger partial charge on any atom is 0.0610 e. The molecule has 1 aromatic carbocycles. The van der Waals surface area contributed by atoms with Gasteiger partial charge in [-0.25, -0.2) is 0 Å². The lowest BCUT2D eigenvalue weighted by atomic mass is 9.94. The van der Waals surface area contributed by atoms with E-state index in [1.807, 2.05) is 0 Å². The number of para-hydroxylation sites is 1. The fourth-order valence-corrected chi connectivity index (χ4v) is 3.37. The molecule has 0 aliphatic carbocycles. The van der Waals surface area contributed by atoms with Gasteiger partial charge in [-0.15, -0.1) is 0 Å². The summed E-state index contributed by atoms with van der Waals surface area (Å²) in [4.78, 5) is 2.61. The number of fused-ring (bicyclic) bond motifs is 1. The predicted octanol–water partition coefficient (Wildman–Crippen LogP) is 3.67. The number of nitrogens with zero attached hydrogens (tertiary/aromatic N) is 1. The summed E-state index contributed by atoms with van der Waals surface area (Å²) in [5.74, 6) is 0.887. The molecule has 18 heavy (non-hydrogen) atoms. The fourth-order valence-electron chi connectivity index (χ4n) is 3.37. The molecule has 3 rings (SSSR count). The first-order valence-electron chi connectivity index (χ1n) is 7.49. The van der Waals surface area contributed by atoms with Gasteiger partial charge >= 0.3 is 0 Å². The van der Waals surface area contributed by atoms with Crippen LogP contribution in [0.1, 0.15) is 38.2 Å². The van der Waals surface area contributed by atoms with Crippen molar-refractivity contribution in [1.29, 1.82) is 0 Å². The molecule has 0 spiro atoms. The van der Waals surface area contributed by atoms with Crippen LogP contribution in [0.15, 0.2) is 18.2 Å². The monoisotopic (exact) mass is 244 g/mol. The molecule has 1 fully saturated rings. The Morgan fingerprint density at radius 1 is 1.33 bits per heavy atom. The number of piperidine rings is 1. The van der Waals surface area contributed by atoms with Crippen LogP contribution in [0.5, 0.6) is 0 Å². The van der Waals surface area contributed by atoms with Crippen LogP contribution >= 0.6 is 0 Å². The molecule has 2 aliphatic rings. The number of anilines is 2. The van der Waals surface area contributed by atoms with Crippen LogP contribution in [0.4, 0.5) is 11.4 Å². The molecule has 2 aliphatic heterocycles. The molecule has 98 valence electrons. The van der Waals surface area contributed by atoms with Crippen molar-refractivity contribution < 1.29 is 0 Å². The molecule has 1 aromatic rings. The van der Waals surface area contributed by atoms with Crippen LogP contribution in [-0.4, -0.2) is 19.6 Å². The molecular formula is C16H24N2. The third-order valence-electron chi connectivity index (χ3n) is 4.49. The van der Waals surface area contributed by atoms with Crippen LogP contribution in [-0.2, 0) is 6.42 Å². The zero-order valence-electron chi connectivity index (χ0n) is 11.4. The van der Waals surface area contributed by atoms with Crippen molar-refractivity contribution in [2.24, 2.45) is 5.92 Å².